The maximum atomic E-state index is 12.3. The zero-order valence-electron chi connectivity index (χ0n) is 10.0. The second-order valence-electron chi connectivity index (χ2n) is 4.54. The fourth-order valence-corrected chi connectivity index (χ4v) is 2.41. The first-order valence-electron chi connectivity index (χ1n) is 6.12. The fraction of sp³-hybridized carbons (Fsp3) is 0.538. The molecule has 1 atom stereocenters. The lowest BCUT2D eigenvalue weighted by molar-refractivity contribution is 0.0692. The SMILES string of the molecule is CC1CCCCCN1C(=O)c1cccc(Cl)n1. The molecule has 1 aromatic rings. The number of likely N-dealkylation sites (tertiary alicyclic amines) is 1. The van der Waals surface area contributed by atoms with Crippen LogP contribution in [0.2, 0.25) is 5.15 Å². The van der Waals surface area contributed by atoms with Crippen molar-refractivity contribution in [1.82, 2.24) is 9.88 Å². The maximum Gasteiger partial charge on any atom is 0.272 e. The molecular formula is C13H17ClN2O. The van der Waals surface area contributed by atoms with Gasteiger partial charge in [0.25, 0.3) is 5.91 Å². The van der Waals surface area contributed by atoms with E-state index in [4.69, 9.17) is 11.6 Å². The molecular weight excluding hydrogens is 236 g/mol. The van der Waals surface area contributed by atoms with Crippen molar-refractivity contribution in [3.05, 3.63) is 29.0 Å². The lowest BCUT2D eigenvalue weighted by Gasteiger charge is -2.26. The molecule has 2 rings (SSSR count). The molecule has 1 amide bonds. The van der Waals surface area contributed by atoms with E-state index in [1.54, 1.807) is 18.2 Å². The Balaban J connectivity index is 2.18. The summed E-state index contributed by atoms with van der Waals surface area (Å²) in [7, 11) is 0. The highest BCUT2D eigenvalue weighted by atomic mass is 35.5. The summed E-state index contributed by atoms with van der Waals surface area (Å²) in [5, 5.41) is 0.373. The Kier molecular flexibility index (Phi) is 4.00. The van der Waals surface area contributed by atoms with Gasteiger partial charge < -0.3 is 4.90 Å². The van der Waals surface area contributed by atoms with E-state index in [0.29, 0.717) is 16.9 Å². The summed E-state index contributed by atoms with van der Waals surface area (Å²) in [4.78, 5) is 18.3. The minimum atomic E-state index is 0.00176. The van der Waals surface area contributed by atoms with Crippen LogP contribution in [0.25, 0.3) is 0 Å². The number of aromatic nitrogens is 1. The highest BCUT2D eigenvalue weighted by Gasteiger charge is 2.23. The normalized spacial score (nSPS) is 21.1. The van der Waals surface area contributed by atoms with Gasteiger partial charge in [-0.2, -0.15) is 0 Å². The molecule has 1 aliphatic rings. The smallest absolute Gasteiger partial charge is 0.272 e. The van der Waals surface area contributed by atoms with Crippen LogP contribution in [0.1, 0.15) is 43.1 Å². The van der Waals surface area contributed by atoms with Gasteiger partial charge in [0, 0.05) is 12.6 Å². The number of carbonyl (C=O) groups is 1. The highest BCUT2D eigenvalue weighted by molar-refractivity contribution is 6.29. The number of halogens is 1. The number of hydrogen-bond acceptors (Lipinski definition) is 2. The Morgan fingerprint density at radius 3 is 3.00 bits per heavy atom. The van der Waals surface area contributed by atoms with Gasteiger partial charge in [-0.3, -0.25) is 4.79 Å². The van der Waals surface area contributed by atoms with Crippen molar-refractivity contribution in [2.24, 2.45) is 0 Å². The topological polar surface area (TPSA) is 33.2 Å². The van der Waals surface area contributed by atoms with E-state index >= 15 is 0 Å². The van der Waals surface area contributed by atoms with Crippen molar-refractivity contribution >= 4 is 17.5 Å². The van der Waals surface area contributed by atoms with Crippen LogP contribution in [0.4, 0.5) is 0 Å². The van der Waals surface area contributed by atoms with E-state index in [9.17, 15) is 4.79 Å². The summed E-state index contributed by atoms with van der Waals surface area (Å²) in [6, 6.07) is 5.48. The Bertz CT molecular complexity index is 408. The van der Waals surface area contributed by atoms with Crippen LogP contribution in [-0.4, -0.2) is 28.4 Å². The zero-order valence-corrected chi connectivity index (χ0v) is 10.8. The third-order valence-corrected chi connectivity index (χ3v) is 3.46. The van der Waals surface area contributed by atoms with Crippen molar-refractivity contribution in [2.75, 3.05) is 6.54 Å². The van der Waals surface area contributed by atoms with Gasteiger partial charge in [-0.15, -0.1) is 0 Å². The van der Waals surface area contributed by atoms with Gasteiger partial charge in [0.05, 0.1) is 0 Å². The first-order chi connectivity index (χ1) is 8.18. The molecule has 0 saturated carbocycles. The van der Waals surface area contributed by atoms with Crippen molar-refractivity contribution in [1.29, 1.82) is 0 Å². The molecule has 1 aromatic heterocycles. The fourth-order valence-electron chi connectivity index (χ4n) is 2.25. The summed E-state index contributed by atoms with van der Waals surface area (Å²) in [6.45, 7) is 2.93. The molecule has 1 unspecified atom stereocenters. The second-order valence-corrected chi connectivity index (χ2v) is 4.93. The minimum Gasteiger partial charge on any atom is -0.335 e. The monoisotopic (exact) mass is 252 g/mol. The van der Waals surface area contributed by atoms with Gasteiger partial charge in [-0.05, 0) is 31.9 Å². The van der Waals surface area contributed by atoms with Crippen LogP contribution in [0.3, 0.4) is 0 Å². The van der Waals surface area contributed by atoms with Crippen LogP contribution in [0, 0.1) is 0 Å². The maximum absolute atomic E-state index is 12.3. The number of rotatable bonds is 1. The first kappa shape index (κ1) is 12.4. The average molecular weight is 253 g/mol. The lowest BCUT2D eigenvalue weighted by Crippen LogP contribution is -2.38. The summed E-state index contributed by atoms with van der Waals surface area (Å²) < 4.78 is 0. The molecule has 3 nitrogen and oxygen atoms in total. The lowest BCUT2D eigenvalue weighted by atomic mass is 10.1. The summed E-state index contributed by atoms with van der Waals surface area (Å²) >= 11 is 5.81. The predicted molar refractivity (Wildman–Crippen MR) is 68.2 cm³/mol. The average Bonchev–Trinajstić information content (AvgIpc) is 2.53. The number of pyridine rings is 1. The molecule has 0 aromatic carbocycles. The minimum absolute atomic E-state index is 0.00176. The van der Waals surface area contributed by atoms with E-state index in [2.05, 4.69) is 11.9 Å². The van der Waals surface area contributed by atoms with Crippen molar-refractivity contribution < 1.29 is 4.79 Å². The molecule has 0 aliphatic carbocycles. The number of carbonyl (C=O) groups excluding carboxylic acids is 1. The van der Waals surface area contributed by atoms with Gasteiger partial charge >= 0.3 is 0 Å². The molecule has 0 radical (unpaired) electrons. The number of hydrogen-bond donors (Lipinski definition) is 0. The van der Waals surface area contributed by atoms with Gasteiger partial charge in [0.1, 0.15) is 10.8 Å². The molecule has 17 heavy (non-hydrogen) atoms. The van der Waals surface area contributed by atoms with Crippen LogP contribution in [0.15, 0.2) is 18.2 Å². The van der Waals surface area contributed by atoms with E-state index in [1.165, 1.54) is 12.8 Å². The van der Waals surface area contributed by atoms with E-state index < -0.39 is 0 Å². The van der Waals surface area contributed by atoms with E-state index in [1.807, 2.05) is 4.90 Å². The van der Waals surface area contributed by atoms with E-state index in [0.717, 1.165) is 19.4 Å². The standard InChI is InChI=1S/C13H17ClN2O/c1-10-6-3-2-4-9-16(10)13(17)11-7-5-8-12(14)15-11/h5,7-8,10H,2-4,6,9H2,1H3. The van der Waals surface area contributed by atoms with Crippen molar-refractivity contribution in [2.45, 2.75) is 38.6 Å². The molecule has 0 spiro atoms. The summed E-state index contributed by atoms with van der Waals surface area (Å²) in [6.07, 6.45) is 4.56. The van der Waals surface area contributed by atoms with Gasteiger partial charge in [0.15, 0.2) is 0 Å². The molecule has 4 heteroatoms. The van der Waals surface area contributed by atoms with Gasteiger partial charge in [-0.1, -0.05) is 30.5 Å². The largest absolute Gasteiger partial charge is 0.335 e. The second kappa shape index (κ2) is 5.50. The third kappa shape index (κ3) is 2.97. The highest BCUT2D eigenvalue weighted by Crippen LogP contribution is 2.18. The molecule has 92 valence electrons. The Morgan fingerprint density at radius 2 is 2.24 bits per heavy atom. The summed E-state index contributed by atoms with van der Waals surface area (Å²) in [5.74, 6) is 0.00176. The Labute approximate surface area is 107 Å². The Morgan fingerprint density at radius 1 is 1.41 bits per heavy atom. The quantitative estimate of drug-likeness (QED) is 0.720. The van der Waals surface area contributed by atoms with Crippen LogP contribution < -0.4 is 0 Å². The molecule has 1 saturated heterocycles. The first-order valence-corrected chi connectivity index (χ1v) is 6.50. The van der Waals surface area contributed by atoms with E-state index in [-0.39, 0.29) is 5.91 Å². The van der Waals surface area contributed by atoms with Crippen LogP contribution in [-0.2, 0) is 0 Å². The molecule has 0 bridgehead atoms. The Hall–Kier alpha value is -1.09. The van der Waals surface area contributed by atoms with Crippen LogP contribution in [0.5, 0.6) is 0 Å². The van der Waals surface area contributed by atoms with Crippen LogP contribution >= 0.6 is 11.6 Å². The predicted octanol–water partition coefficient (Wildman–Crippen LogP) is 3.14. The number of nitrogens with zero attached hydrogens (tertiary/aromatic N) is 2. The molecule has 2 heterocycles. The van der Waals surface area contributed by atoms with Gasteiger partial charge in [0.2, 0.25) is 0 Å². The van der Waals surface area contributed by atoms with Crippen molar-refractivity contribution in [3.8, 4) is 0 Å². The number of amides is 1. The van der Waals surface area contributed by atoms with Gasteiger partial charge in [-0.25, -0.2) is 4.98 Å². The van der Waals surface area contributed by atoms with Crippen molar-refractivity contribution in [3.63, 3.8) is 0 Å². The zero-order chi connectivity index (χ0) is 12.3. The molecule has 0 N–H and O–H groups in total. The molecule has 1 fully saturated rings. The third-order valence-electron chi connectivity index (χ3n) is 3.25. The summed E-state index contributed by atoms with van der Waals surface area (Å²) in [5.41, 5.74) is 0.450. The molecule has 1 aliphatic heterocycles.